The zero-order chi connectivity index (χ0) is 27.0. The van der Waals surface area contributed by atoms with E-state index in [4.69, 9.17) is 4.74 Å². The summed E-state index contributed by atoms with van der Waals surface area (Å²) in [5.41, 5.74) is 2.35. The van der Waals surface area contributed by atoms with E-state index in [1.807, 2.05) is 38.1 Å². The number of piperidine rings is 1. The van der Waals surface area contributed by atoms with E-state index in [2.05, 4.69) is 20.5 Å². The van der Waals surface area contributed by atoms with E-state index in [-0.39, 0.29) is 17.7 Å². The van der Waals surface area contributed by atoms with Gasteiger partial charge in [0.25, 0.3) is 5.91 Å². The van der Waals surface area contributed by atoms with Crippen molar-refractivity contribution in [1.82, 2.24) is 15.6 Å². The van der Waals surface area contributed by atoms with Gasteiger partial charge in [-0.05, 0) is 68.7 Å². The Kier molecular flexibility index (Phi) is 12.6. The van der Waals surface area contributed by atoms with Crippen LogP contribution in [0.2, 0.25) is 0 Å². The van der Waals surface area contributed by atoms with Crippen LogP contribution in [0.15, 0.2) is 96.1 Å². The van der Waals surface area contributed by atoms with Gasteiger partial charge in [-0.1, -0.05) is 26.0 Å². The molecule has 1 aromatic heterocycles. The summed E-state index contributed by atoms with van der Waals surface area (Å²) in [5.74, 6) is 0.00751. The number of nitrogens with zero attached hydrogens (tertiary/aromatic N) is 2. The van der Waals surface area contributed by atoms with Gasteiger partial charge in [0.2, 0.25) is 5.91 Å². The third-order valence-electron chi connectivity index (χ3n) is 5.92. The van der Waals surface area contributed by atoms with Gasteiger partial charge in [0, 0.05) is 54.1 Å². The maximum atomic E-state index is 13.0. The van der Waals surface area contributed by atoms with Gasteiger partial charge in [-0.2, -0.15) is 0 Å². The number of allylic oxidation sites excluding steroid dienone is 7. The van der Waals surface area contributed by atoms with E-state index in [1.54, 1.807) is 38.6 Å². The first-order chi connectivity index (χ1) is 18.0. The highest BCUT2D eigenvalue weighted by molar-refractivity contribution is 5.96. The first-order valence-corrected chi connectivity index (χ1v) is 12.6. The number of nitrogens with one attached hydrogen (secondary N) is 2. The number of ether oxygens (including phenoxy) is 1. The lowest BCUT2D eigenvalue weighted by Gasteiger charge is -2.33. The summed E-state index contributed by atoms with van der Waals surface area (Å²) in [6.45, 7) is 7.12. The molecule has 7 nitrogen and oxygen atoms in total. The third-order valence-corrected chi connectivity index (χ3v) is 5.92. The quantitative estimate of drug-likeness (QED) is 0.370. The molecule has 2 N–H and O–H groups in total. The van der Waals surface area contributed by atoms with Gasteiger partial charge in [0.15, 0.2) is 0 Å². The summed E-state index contributed by atoms with van der Waals surface area (Å²) in [6.07, 6.45) is 17.3. The summed E-state index contributed by atoms with van der Waals surface area (Å²) in [5, 5.41) is 5.74. The summed E-state index contributed by atoms with van der Waals surface area (Å²) in [7, 11) is 1.59. The van der Waals surface area contributed by atoms with Crippen LogP contribution in [-0.4, -0.2) is 37.0 Å². The number of aromatic nitrogens is 1. The third kappa shape index (κ3) is 9.22. The molecule has 198 valence electrons. The fourth-order valence-corrected chi connectivity index (χ4v) is 3.84. The Morgan fingerprint density at radius 3 is 2.46 bits per heavy atom. The number of hydrogen-bond donors (Lipinski definition) is 2. The minimum absolute atomic E-state index is 0.155. The number of amides is 2. The standard InChI is InChI=1S/C27H31FN4O3.C2H6/c1-20(26(33)30-22-6-5-7-24(35-2)10-9-22)25(8-3-4-15-28)31-27(34)21-13-18-32(19-14-21)23-11-16-29-17-12-23;1-2/h3-4,6-12,15-17,21H,5,13-14,18-19H2,1-2H3,(H,30,33)(H,31,34);1-2H3/b8-3-,15-4+,25-20-;. The predicted octanol–water partition coefficient (Wildman–Crippen LogP) is 5.24. The van der Waals surface area contributed by atoms with E-state index in [1.165, 1.54) is 18.2 Å². The molecule has 2 aliphatic rings. The number of carbonyl (C=O) groups is 2. The maximum Gasteiger partial charge on any atom is 0.253 e. The van der Waals surface area contributed by atoms with Crippen molar-refractivity contribution in [2.75, 3.05) is 25.1 Å². The lowest BCUT2D eigenvalue weighted by Crippen LogP contribution is -2.40. The maximum absolute atomic E-state index is 13.0. The van der Waals surface area contributed by atoms with Crippen molar-refractivity contribution in [2.24, 2.45) is 5.92 Å². The smallest absolute Gasteiger partial charge is 0.253 e. The molecular formula is C29H37FN4O3. The van der Waals surface area contributed by atoms with Crippen LogP contribution in [0, 0.1) is 5.92 Å². The van der Waals surface area contributed by atoms with Gasteiger partial charge in [-0.15, -0.1) is 0 Å². The molecule has 0 radical (unpaired) electrons. The summed E-state index contributed by atoms with van der Waals surface area (Å²) >= 11 is 0. The Hall–Kier alpha value is -3.94. The summed E-state index contributed by atoms with van der Waals surface area (Å²) in [6, 6.07) is 3.91. The largest absolute Gasteiger partial charge is 0.497 e. The number of pyridine rings is 1. The Balaban J connectivity index is 0.00000235. The van der Waals surface area contributed by atoms with Crippen LogP contribution in [-0.2, 0) is 14.3 Å². The molecule has 0 bridgehead atoms. The molecule has 0 aromatic carbocycles. The Morgan fingerprint density at radius 1 is 1.11 bits per heavy atom. The van der Waals surface area contributed by atoms with E-state index < -0.39 is 0 Å². The molecule has 1 aromatic rings. The van der Waals surface area contributed by atoms with Crippen LogP contribution >= 0.6 is 0 Å². The van der Waals surface area contributed by atoms with Crippen molar-refractivity contribution in [2.45, 2.75) is 40.0 Å². The molecule has 8 heteroatoms. The van der Waals surface area contributed by atoms with Crippen molar-refractivity contribution in [3.63, 3.8) is 0 Å². The van der Waals surface area contributed by atoms with Gasteiger partial charge in [-0.3, -0.25) is 14.6 Å². The number of carbonyl (C=O) groups excluding carboxylic acids is 2. The molecule has 0 atom stereocenters. The van der Waals surface area contributed by atoms with Crippen molar-refractivity contribution < 1.29 is 18.7 Å². The molecular weight excluding hydrogens is 471 g/mol. The molecule has 0 spiro atoms. The number of halogens is 1. The SMILES string of the molecule is CC.COC1=CCC=C(NC(=O)/C(C)=C(/C=C\C=C\F)NC(=O)C2CCN(c3ccncc3)CC2)C=C1. The fourth-order valence-electron chi connectivity index (χ4n) is 3.84. The highest BCUT2D eigenvalue weighted by atomic mass is 19.1. The number of anilines is 1. The molecule has 2 amide bonds. The van der Waals surface area contributed by atoms with Crippen molar-refractivity contribution in [3.05, 3.63) is 96.1 Å². The van der Waals surface area contributed by atoms with Crippen LogP contribution in [0.1, 0.15) is 40.0 Å². The fraction of sp³-hybridized carbons (Fsp3) is 0.345. The molecule has 3 rings (SSSR count). The summed E-state index contributed by atoms with van der Waals surface area (Å²) in [4.78, 5) is 32.2. The second-order valence-electron chi connectivity index (χ2n) is 8.17. The van der Waals surface area contributed by atoms with Gasteiger partial charge in [0.05, 0.1) is 13.4 Å². The first-order valence-electron chi connectivity index (χ1n) is 12.6. The lowest BCUT2D eigenvalue weighted by atomic mass is 9.95. The topological polar surface area (TPSA) is 83.6 Å². The number of methoxy groups -OCH3 is 1. The molecule has 1 aliphatic heterocycles. The van der Waals surface area contributed by atoms with Crippen molar-refractivity contribution in [1.29, 1.82) is 0 Å². The van der Waals surface area contributed by atoms with Gasteiger partial charge >= 0.3 is 0 Å². The van der Waals surface area contributed by atoms with E-state index >= 15 is 0 Å². The van der Waals surface area contributed by atoms with Crippen LogP contribution < -0.4 is 15.5 Å². The molecule has 1 fully saturated rings. The second-order valence-corrected chi connectivity index (χ2v) is 8.17. The molecule has 1 aliphatic carbocycles. The predicted molar refractivity (Wildman–Crippen MR) is 146 cm³/mol. The highest BCUT2D eigenvalue weighted by Gasteiger charge is 2.26. The monoisotopic (exact) mass is 508 g/mol. The Labute approximate surface area is 219 Å². The van der Waals surface area contributed by atoms with Crippen LogP contribution in [0.3, 0.4) is 0 Å². The van der Waals surface area contributed by atoms with E-state index in [0.717, 1.165) is 18.8 Å². The van der Waals surface area contributed by atoms with Crippen molar-refractivity contribution >= 4 is 17.5 Å². The van der Waals surface area contributed by atoms with Crippen LogP contribution in [0.4, 0.5) is 10.1 Å². The Morgan fingerprint density at radius 2 is 1.81 bits per heavy atom. The average molecular weight is 509 g/mol. The van der Waals surface area contributed by atoms with Crippen LogP contribution in [0.25, 0.3) is 0 Å². The zero-order valence-electron chi connectivity index (χ0n) is 22.0. The number of hydrogen-bond acceptors (Lipinski definition) is 5. The molecule has 1 saturated heterocycles. The first kappa shape index (κ1) is 29.3. The van der Waals surface area contributed by atoms with E-state index in [0.29, 0.717) is 48.3 Å². The highest BCUT2D eigenvalue weighted by Crippen LogP contribution is 2.23. The van der Waals surface area contributed by atoms with E-state index in [9.17, 15) is 14.0 Å². The number of rotatable bonds is 8. The molecule has 2 heterocycles. The molecule has 37 heavy (non-hydrogen) atoms. The van der Waals surface area contributed by atoms with Gasteiger partial charge < -0.3 is 20.3 Å². The minimum Gasteiger partial charge on any atom is -0.497 e. The minimum atomic E-state index is -0.363. The van der Waals surface area contributed by atoms with Gasteiger partial charge in [0.1, 0.15) is 5.76 Å². The lowest BCUT2D eigenvalue weighted by molar-refractivity contribution is -0.124. The van der Waals surface area contributed by atoms with Crippen molar-refractivity contribution in [3.8, 4) is 0 Å². The Bertz CT molecular complexity index is 1080. The zero-order valence-corrected chi connectivity index (χ0v) is 22.0. The molecule has 0 saturated carbocycles. The summed E-state index contributed by atoms with van der Waals surface area (Å²) < 4.78 is 17.7. The molecule has 0 unspecified atom stereocenters. The van der Waals surface area contributed by atoms with Crippen LogP contribution in [0.5, 0.6) is 0 Å². The average Bonchev–Trinajstić information content (AvgIpc) is 3.18. The second kappa shape index (κ2) is 15.9. The normalized spacial score (nSPS) is 16.7. The van der Waals surface area contributed by atoms with Gasteiger partial charge in [-0.25, -0.2) is 4.39 Å².